The Hall–Kier alpha value is -4.24. The lowest BCUT2D eigenvalue weighted by atomic mass is 9.86. The van der Waals surface area contributed by atoms with Gasteiger partial charge in [-0.25, -0.2) is 0 Å². The van der Waals surface area contributed by atoms with Gasteiger partial charge in [0.25, 0.3) is 0 Å². The molecule has 1 atom stereocenters. The second-order valence-corrected chi connectivity index (χ2v) is 9.13. The molecule has 0 bridgehead atoms. The van der Waals surface area contributed by atoms with Crippen molar-refractivity contribution in [3.63, 3.8) is 0 Å². The third-order valence-electron chi connectivity index (χ3n) is 6.34. The first kappa shape index (κ1) is 22.2. The Balaban J connectivity index is 1.36. The molecule has 3 aromatic heterocycles. The van der Waals surface area contributed by atoms with Gasteiger partial charge in [0.15, 0.2) is 17.3 Å². The number of amides is 1. The molecule has 0 fully saturated rings. The fraction of sp³-hybridized carbons (Fsp3) is 0.192. The number of carbonyl (C=O) groups excluding carboxylic acids is 1. The van der Waals surface area contributed by atoms with Crippen molar-refractivity contribution in [3.05, 3.63) is 93.9 Å². The van der Waals surface area contributed by atoms with Crippen LogP contribution in [0.3, 0.4) is 0 Å². The highest BCUT2D eigenvalue weighted by atomic mass is 35.5. The number of fused-ring (bicyclic) bond motifs is 2. The number of hydrogen-bond donors (Lipinski definition) is 1. The minimum absolute atomic E-state index is 0.0856. The molecule has 10 heteroatoms. The van der Waals surface area contributed by atoms with Crippen LogP contribution in [0.1, 0.15) is 40.5 Å². The van der Waals surface area contributed by atoms with Crippen LogP contribution in [0.4, 0.5) is 5.82 Å². The number of nitrogens with zero attached hydrogens (tertiary/aromatic N) is 6. The van der Waals surface area contributed by atoms with Crippen LogP contribution < -0.4 is 10.1 Å². The fourth-order valence-electron chi connectivity index (χ4n) is 4.59. The summed E-state index contributed by atoms with van der Waals surface area (Å²) in [5.41, 5.74) is 4.31. The van der Waals surface area contributed by atoms with Gasteiger partial charge >= 0.3 is 0 Å². The first-order valence-electron chi connectivity index (χ1n) is 11.5. The number of halogens is 1. The Kier molecular flexibility index (Phi) is 5.41. The van der Waals surface area contributed by atoms with Crippen molar-refractivity contribution in [2.24, 2.45) is 0 Å². The molecule has 1 amide bonds. The molecule has 0 spiro atoms. The Morgan fingerprint density at radius 2 is 1.92 bits per heavy atom. The van der Waals surface area contributed by atoms with Gasteiger partial charge in [-0.15, -0.1) is 15.3 Å². The molecular weight excluding hydrogens is 478 g/mol. The number of hydrogen-bond acceptors (Lipinski definition) is 6. The summed E-state index contributed by atoms with van der Waals surface area (Å²) in [7, 11) is 0. The topological polar surface area (TPSA) is 99.2 Å². The summed E-state index contributed by atoms with van der Waals surface area (Å²) in [5.74, 6) is 2.30. The lowest BCUT2D eigenvalue weighted by Crippen LogP contribution is -2.25. The van der Waals surface area contributed by atoms with Crippen LogP contribution in [0.2, 0.25) is 5.02 Å². The van der Waals surface area contributed by atoms with Crippen molar-refractivity contribution >= 4 is 29.0 Å². The summed E-state index contributed by atoms with van der Waals surface area (Å²) >= 11 is 6.27. The van der Waals surface area contributed by atoms with E-state index < -0.39 is 0 Å². The Morgan fingerprint density at radius 3 is 2.78 bits per heavy atom. The number of rotatable bonds is 5. The number of aromatic nitrogens is 6. The highest BCUT2D eigenvalue weighted by molar-refractivity contribution is 6.31. The van der Waals surface area contributed by atoms with Gasteiger partial charge in [0, 0.05) is 28.5 Å². The van der Waals surface area contributed by atoms with Gasteiger partial charge in [-0.1, -0.05) is 41.9 Å². The second-order valence-electron chi connectivity index (χ2n) is 8.73. The Labute approximate surface area is 211 Å². The molecule has 36 heavy (non-hydrogen) atoms. The van der Waals surface area contributed by atoms with E-state index in [9.17, 15) is 4.79 Å². The normalized spacial score (nSPS) is 15.1. The van der Waals surface area contributed by atoms with Gasteiger partial charge in [-0.05, 0) is 49.7 Å². The van der Waals surface area contributed by atoms with Crippen LogP contribution in [-0.4, -0.2) is 35.5 Å². The molecule has 1 aliphatic rings. The smallest absolute Gasteiger partial charge is 0.226 e. The predicted octanol–water partition coefficient (Wildman–Crippen LogP) is 4.63. The molecule has 0 aliphatic carbocycles. The number of benzene rings is 2. The Morgan fingerprint density at radius 1 is 1.06 bits per heavy atom. The number of ether oxygens (including phenoxy) is 1. The summed E-state index contributed by atoms with van der Waals surface area (Å²) in [6.45, 7) is 4.13. The standard InChI is InChI=1S/C26H22ClN7O2/c1-15-25-20(17-7-5-8-19(12-17)36-14-18-6-3-4-9-21(18)27)13-24(35)28-26(25)34(31-15)23-11-10-22-30-29-16(2)33(22)32-23/h3-12,20H,13-14H2,1-2H3,(H,28,35)/t20-/m1/s1. The summed E-state index contributed by atoms with van der Waals surface area (Å²) < 4.78 is 9.36. The zero-order valence-corrected chi connectivity index (χ0v) is 20.4. The molecule has 1 aliphatic heterocycles. The molecule has 5 aromatic rings. The van der Waals surface area contributed by atoms with Gasteiger partial charge in [0.1, 0.15) is 18.2 Å². The monoisotopic (exact) mass is 499 g/mol. The van der Waals surface area contributed by atoms with E-state index >= 15 is 0 Å². The summed E-state index contributed by atoms with van der Waals surface area (Å²) in [4.78, 5) is 12.8. The average molecular weight is 500 g/mol. The lowest BCUT2D eigenvalue weighted by Gasteiger charge is -2.24. The number of carbonyl (C=O) groups is 1. The van der Waals surface area contributed by atoms with Gasteiger partial charge in [-0.3, -0.25) is 4.79 Å². The van der Waals surface area contributed by atoms with Crippen LogP contribution in [0.25, 0.3) is 11.5 Å². The highest BCUT2D eigenvalue weighted by Crippen LogP contribution is 2.40. The number of nitrogens with one attached hydrogen (secondary N) is 1. The van der Waals surface area contributed by atoms with E-state index in [-0.39, 0.29) is 11.8 Å². The highest BCUT2D eigenvalue weighted by Gasteiger charge is 2.33. The molecule has 4 heterocycles. The molecule has 0 radical (unpaired) electrons. The predicted molar refractivity (Wildman–Crippen MR) is 135 cm³/mol. The van der Waals surface area contributed by atoms with Crippen molar-refractivity contribution < 1.29 is 9.53 Å². The van der Waals surface area contributed by atoms with E-state index in [0.29, 0.717) is 46.9 Å². The van der Waals surface area contributed by atoms with Crippen molar-refractivity contribution in [1.82, 2.24) is 29.6 Å². The maximum absolute atomic E-state index is 12.8. The van der Waals surface area contributed by atoms with Crippen molar-refractivity contribution in [2.45, 2.75) is 32.8 Å². The van der Waals surface area contributed by atoms with Crippen LogP contribution in [-0.2, 0) is 11.4 Å². The first-order chi connectivity index (χ1) is 17.5. The zero-order chi connectivity index (χ0) is 24.8. The van der Waals surface area contributed by atoms with Crippen molar-refractivity contribution in [1.29, 1.82) is 0 Å². The van der Waals surface area contributed by atoms with E-state index in [0.717, 1.165) is 22.4 Å². The molecule has 1 N–H and O–H groups in total. The van der Waals surface area contributed by atoms with E-state index in [1.54, 1.807) is 9.20 Å². The number of aryl methyl sites for hydroxylation is 2. The Bertz CT molecular complexity index is 1620. The zero-order valence-electron chi connectivity index (χ0n) is 19.6. The molecule has 9 nitrogen and oxygen atoms in total. The average Bonchev–Trinajstić information content (AvgIpc) is 3.42. The van der Waals surface area contributed by atoms with E-state index in [1.807, 2.05) is 74.5 Å². The summed E-state index contributed by atoms with van der Waals surface area (Å²) in [6, 6.07) is 19.1. The maximum atomic E-state index is 12.8. The van der Waals surface area contributed by atoms with Crippen molar-refractivity contribution in [2.75, 3.05) is 5.32 Å². The third kappa shape index (κ3) is 3.87. The van der Waals surface area contributed by atoms with Gasteiger partial charge in [0.2, 0.25) is 5.91 Å². The molecule has 6 rings (SSSR count). The molecule has 0 unspecified atom stereocenters. The van der Waals surface area contributed by atoms with Crippen LogP contribution in [0, 0.1) is 13.8 Å². The van der Waals surface area contributed by atoms with Crippen LogP contribution in [0.5, 0.6) is 5.75 Å². The molecule has 0 saturated carbocycles. The number of anilines is 1. The van der Waals surface area contributed by atoms with Gasteiger partial charge in [0.05, 0.1) is 5.69 Å². The summed E-state index contributed by atoms with van der Waals surface area (Å²) in [5, 5.41) is 21.2. The SMILES string of the molecule is Cc1nn(-c2ccc3nnc(C)n3n2)c2c1[C@@H](c1cccc(OCc3ccccc3Cl)c1)CC(=O)N2. The molecule has 2 aromatic carbocycles. The maximum Gasteiger partial charge on any atom is 0.226 e. The van der Waals surface area contributed by atoms with E-state index in [4.69, 9.17) is 21.4 Å². The molecule has 180 valence electrons. The van der Waals surface area contributed by atoms with E-state index in [1.165, 1.54) is 0 Å². The van der Waals surface area contributed by atoms with Crippen molar-refractivity contribution in [3.8, 4) is 11.6 Å². The van der Waals surface area contributed by atoms with Gasteiger partial charge in [-0.2, -0.15) is 14.3 Å². The lowest BCUT2D eigenvalue weighted by molar-refractivity contribution is -0.116. The van der Waals surface area contributed by atoms with Crippen LogP contribution >= 0.6 is 11.6 Å². The quantitative estimate of drug-likeness (QED) is 0.378. The molecule has 0 saturated heterocycles. The largest absolute Gasteiger partial charge is 0.489 e. The minimum atomic E-state index is -0.174. The van der Waals surface area contributed by atoms with Crippen LogP contribution in [0.15, 0.2) is 60.7 Å². The summed E-state index contributed by atoms with van der Waals surface area (Å²) in [6.07, 6.45) is 0.310. The fourth-order valence-corrected chi connectivity index (χ4v) is 4.78. The minimum Gasteiger partial charge on any atom is -0.489 e. The first-order valence-corrected chi connectivity index (χ1v) is 11.9. The second kappa shape index (κ2) is 8.76. The third-order valence-corrected chi connectivity index (χ3v) is 6.71. The van der Waals surface area contributed by atoms with E-state index in [2.05, 4.69) is 20.6 Å². The van der Waals surface area contributed by atoms with Gasteiger partial charge < -0.3 is 10.1 Å². The molecular formula is C26H22ClN7O2.